The number of nitrogens with one attached hydrogen (secondary N) is 2. The maximum absolute atomic E-state index is 13.5. The number of aromatic nitrogens is 2. The Morgan fingerprint density at radius 1 is 1.12 bits per heavy atom. The van der Waals surface area contributed by atoms with Gasteiger partial charge in [0.25, 0.3) is 0 Å². The van der Waals surface area contributed by atoms with E-state index in [0.717, 1.165) is 17.0 Å². The van der Waals surface area contributed by atoms with E-state index in [9.17, 15) is 9.59 Å². The first-order valence-electron chi connectivity index (χ1n) is 10.1. The van der Waals surface area contributed by atoms with Crippen LogP contribution in [-0.4, -0.2) is 54.7 Å². The standard InChI is InChI=1S/C23H24N4O5/c1-30-14-8-9-19(31-2)16(12-14)21-20-18(24-13-25-20)10-11-27(21)23(29)26-17-7-5-4-6-15(17)22(28)32-3/h4-9,12-13,21H,10-11H2,1-3H3,(H,24,25)(H,26,29). The zero-order valence-electron chi connectivity index (χ0n) is 18.0. The number of benzene rings is 2. The van der Waals surface area contributed by atoms with Crippen molar-refractivity contribution in [2.24, 2.45) is 0 Å². The number of esters is 1. The Hall–Kier alpha value is -4.01. The van der Waals surface area contributed by atoms with Gasteiger partial charge in [-0.3, -0.25) is 0 Å². The molecule has 0 saturated heterocycles. The van der Waals surface area contributed by atoms with Crippen molar-refractivity contribution in [2.75, 3.05) is 33.2 Å². The summed E-state index contributed by atoms with van der Waals surface area (Å²) in [7, 11) is 4.47. The highest BCUT2D eigenvalue weighted by Crippen LogP contribution is 2.40. The number of ether oxygens (including phenoxy) is 3. The van der Waals surface area contributed by atoms with E-state index in [1.54, 1.807) is 61.8 Å². The molecule has 1 aliphatic rings. The summed E-state index contributed by atoms with van der Waals surface area (Å²) < 4.78 is 15.8. The van der Waals surface area contributed by atoms with Gasteiger partial charge in [0.2, 0.25) is 0 Å². The summed E-state index contributed by atoms with van der Waals surface area (Å²) in [6.07, 6.45) is 2.24. The quantitative estimate of drug-likeness (QED) is 0.594. The van der Waals surface area contributed by atoms with Gasteiger partial charge in [-0.25, -0.2) is 14.6 Å². The maximum atomic E-state index is 13.5. The molecule has 0 fully saturated rings. The largest absolute Gasteiger partial charge is 0.497 e. The Morgan fingerprint density at radius 3 is 2.69 bits per heavy atom. The van der Waals surface area contributed by atoms with Crippen LogP contribution in [0.2, 0.25) is 0 Å². The van der Waals surface area contributed by atoms with Gasteiger partial charge in [0, 0.05) is 24.2 Å². The highest BCUT2D eigenvalue weighted by molar-refractivity contribution is 6.01. The molecule has 0 bridgehead atoms. The molecule has 9 nitrogen and oxygen atoms in total. The third-order valence-corrected chi connectivity index (χ3v) is 5.49. The van der Waals surface area contributed by atoms with Crippen LogP contribution in [0.5, 0.6) is 11.5 Å². The number of hydrogen-bond acceptors (Lipinski definition) is 6. The van der Waals surface area contributed by atoms with Crippen LogP contribution < -0.4 is 14.8 Å². The molecular formula is C23H24N4O5. The first-order valence-corrected chi connectivity index (χ1v) is 10.1. The molecule has 4 rings (SSSR count). The first-order chi connectivity index (χ1) is 15.6. The predicted molar refractivity (Wildman–Crippen MR) is 117 cm³/mol. The van der Waals surface area contributed by atoms with Gasteiger partial charge in [-0.2, -0.15) is 0 Å². The van der Waals surface area contributed by atoms with Gasteiger partial charge in [-0.1, -0.05) is 12.1 Å². The third kappa shape index (κ3) is 3.84. The number of carbonyl (C=O) groups is 2. The molecule has 2 N–H and O–H groups in total. The lowest BCUT2D eigenvalue weighted by Gasteiger charge is -2.36. The van der Waals surface area contributed by atoms with Gasteiger partial charge in [-0.05, 0) is 30.3 Å². The number of fused-ring (bicyclic) bond motifs is 1. The van der Waals surface area contributed by atoms with Crippen LogP contribution in [0.25, 0.3) is 0 Å². The van der Waals surface area contributed by atoms with Crippen LogP contribution >= 0.6 is 0 Å². The van der Waals surface area contributed by atoms with E-state index in [2.05, 4.69) is 15.3 Å². The summed E-state index contributed by atoms with van der Waals surface area (Å²) in [5.41, 5.74) is 3.08. The van der Waals surface area contributed by atoms with E-state index in [4.69, 9.17) is 14.2 Å². The van der Waals surface area contributed by atoms with Gasteiger partial charge in [0.1, 0.15) is 17.5 Å². The molecular weight excluding hydrogens is 412 g/mol. The topological polar surface area (TPSA) is 106 Å². The molecule has 166 valence electrons. The molecule has 2 amide bonds. The summed E-state index contributed by atoms with van der Waals surface area (Å²) in [5.74, 6) is 0.722. The van der Waals surface area contributed by atoms with E-state index >= 15 is 0 Å². The minimum Gasteiger partial charge on any atom is -0.497 e. The van der Waals surface area contributed by atoms with Crippen molar-refractivity contribution in [2.45, 2.75) is 12.5 Å². The number of imidazole rings is 1. The zero-order chi connectivity index (χ0) is 22.7. The molecule has 1 unspecified atom stereocenters. The van der Waals surface area contributed by atoms with Gasteiger partial charge in [0.05, 0.1) is 44.6 Å². The molecule has 0 spiro atoms. The van der Waals surface area contributed by atoms with Gasteiger partial charge >= 0.3 is 12.0 Å². The number of para-hydroxylation sites is 1. The number of carbonyl (C=O) groups excluding carboxylic acids is 2. The van der Waals surface area contributed by atoms with Crippen molar-refractivity contribution in [1.29, 1.82) is 0 Å². The predicted octanol–water partition coefficient (Wildman–Crippen LogP) is 3.39. The number of methoxy groups -OCH3 is 3. The number of anilines is 1. The van der Waals surface area contributed by atoms with Crippen molar-refractivity contribution in [3.63, 3.8) is 0 Å². The Morgan fingerprint density at radius 2 is 1.94 bits per heavy atom. The van der Waals surface area contributed by atoms with Crippen molar-refractivity contribution in [1.82, 2.24) is 14.9 Å². The minimum atomic E-state index is -0.528. The van der Waals surface area contributed by atoms with Crippen LogP contribution in [0.15, 0.2) is 48.8 Å². The number of aromatic amines is 1. The lowest BCUT2D eigenvalue weighted by Crippen LogP contribution is -2.43. The molecule has 2 heterocycles. The lowest BCUT2D eigenvalue weighted by atomic mass is 9.95. The summed E-state index contributed by atoms with van der Waals surface area (Å²) >= 11 is 0. The second kappa shape index (κ2) is 9.01. The number of H-pyrrole nitrogens is 1. The minimum absolute atomic E-state index is 0.274. The normalized spacial score (nSPS) is 15.0. The molecule has 1 aliphatic heterocycles. The van der Waals surface area contributed by atoms with Crippen LogP contribution in [-0.2, 0) is 11.2 Å². The summed E-state index contributed by atoms with van der Waals surface area (Å²) in [6.45, 7) is 0.437. The third-order valence-electron chi connectivity index (χ3n) is 5.49. The molecule has 0 aliphatic carbocycles. The van der Waals surface area contributed by atoms with E-state index in [0.29, 0.717) is 30.2 Å². The number of urea groups is 1. The first kappa shape index (κ1) is 21.2. The summed E-state index contributed by atoms with van der Waals surface area (Å²) in [4.78, 5) is 34.9. The van der Waals surface area contributed by atoms with Gasteiger partial charge < -0.3 is 29.4 Å². The van der Waals surface area contributed by atoms with E-state index in [1.807, 2.05) is 6.07 Å². The van der Waals surface area contributed by atoms with E-state index in [1.165, 1.54) is 7.11 Å². The molecule has 0 saturated carbocycles. The highest BCUT2D eigenvalue weighted by atomic mass is 16.5. The van der Waals surface area contributed by atoms with E-state index < -0.39 is 12.0 Å². The monoisotopic (exact) mass is 436 g/mol. The number of rotatable bonds is 5. The second-order valence-corrected chi connectivity index (χ2v) is 7.19. The highest BCUT2D eigenvalue weighted by Gasteiger charge is 2.36. The van der Waals surface area contributed by atoms with E-state index in [-0.39, 0.29) is 11.6 Å². The Kier molecular flexibility index (Phi) is 5.98. The SMILES string of the molecule is COC(=O)c1ccccc1NC(=O)N1CCc2[nH]cnc2C1c1cc(OC)ccc1OC. The number of hydrogen-bond donors (Lipinski definition) is 2. The fraction of sp³-hybridized carbons (Fsp3) is 0.261. The smallest absolute Gasteiger partial charge is 0.339 e. The summed E-state index contributed by atoms with van der Waals surface area (Å²) in [6, 6.07) is 11.3. The van der Waals surface area contributed by atoms with Crippen LogP contribution in [0, 0.1) is 0 Å². The van der Waals surface area contributed by atoms with Crippen molar-refractivity contribution in [3.8, 4) is 11.5 Å². The van der Waals surface area contributed by atoms with Gasteiger partial charge in [-0.15, -0.1) is 0 Å². The van der Waals surface area contributed by atoms with Crippen LogP contribution in [0.3, 0.4) is 0 Å². The fourth-order valence-electron chi connectivity index (χ4n) is 3.93. The zero-order valence-corrected chi connectivity index (χ0v) is 18.0. The Bertz CT molecular complexity index is 1140. The van der Waals surface area contributed by atoms with Crippen LogP contribution in [0.1, 0.15) is 33.4 Å². The summed E-state index contributed by atoms with van der Waals surface area (Å²) in [5, 5.41) is 2.86. The Balaban J connectivity index is 1.74. The number of amides is 2. The molecule has 9 heteroatoms. The van der Waals surface area contributed by atoms with Gasteiger partial charge in [0.15, 0.2) is 0 Å². The average molecular weight is 436 g/mol. The molecule has 32 heavy (non-hydrogen) atoms. The van der Waals surface area contributed by atoms with Crippen molar-refractivity contribution in [3.05, 3.63) is 71.3 Å². The average Bonchev–Trinajstić information content (AvgIpc) is 3.31. The van der Waals surface area contributed by atoms with Crippen molar-refractivity contribution >= 4 is 17.7 Å². The number of nitrogens with zero attached hydrogens (tertiary/aromatic N) is 2. The Labute approximate surface area is 185 Å². The molecule has 3 aromatic rings. The second-order valence-electron chi connectivity index (χ2n) is 7.19. The maximum Gasteiger partial charge on any atom is 0.339 e. The fourth-order valence-corrected chi connectivity index (χ4v) is 3.93. The molecule has 2 aromatic carbocycles. The molecule has 1 aromatic heterocycles. The van der Waals surface area contributed by atoms with Crippen LogP contribution in [0.4, 0.5) is 10.5 Å². The van der Waals surface area contributed by atoms with Crippen molar-refractivity contribution < 1.29 is 23.8 Å². The lowest BCUT2D eigenvalue weighted by molar-refractivity contribution is 0.0602. The molecule has 0 radical (unpaired) electrons. The molecule has 1 atom stereocenters.